The molecule has 168 valence electrons. The molecule has 3 heterocycles. The van der Waals surface area contributed by atoms with Gasteiger partial charge < -0.3 is 10.0 Å². The molecule has 4 aromatic rings. The minimum absolute atomic E-state index is 0.0966. The number of halogens is 2. The van der Waals surface area contributed by atoms with Gasteiger partial charge in [-0.15, -0.1) is 16.4 Å². The van der Waals surface area contributed by atoms with Gasteiger partial charge in [-0.1, -0.05) is 35.0 Å². The largest absolute Gasteiger partial charge is 0.391 e. The van der Waals surface area contributed by atoms with Crippen molar-refractivity contribution in [2.45, 2.75) is 24.6 Å². The zero-order chi connectivity index (χ0) is 22.9. The van der Waals surface area contributed by atoms with Gasteiger partial charge in [-0.3, -0.25) is 4.79 Å². The van der Waals surface area contributed by atoms with Crippen LogP contribution in [0, 0.1) is 5.82 Å². The third kappa shape index (κ3) is 4.42. The van der Waals surface area contributed by atoms with E-state index in [1.807, 2.05) is 23.6 Å². The number of aliphatic hydroxyl groups excluding tert-OH is 1. The molecule has 0 saturated carbocycles. The lowest BCUT2D eigenvalue weighted by Crippen LogP contribution is -2.48. The van der Waals surface area contributed by atoms with Crippen LogP contribution in [0.25, 0.3) is 11.3 Å². The second-order valence-electron chi connectivity index (χ2n) is 7.96. The van der Waals surface area contributed by atoms with E-state index in [2.05, 4.69) is 10.3 Å². The molecule has 0 unspecified atom stereocenters. The van der Waals surface area contributed by atoms with E-state index in [4.69, 9.17) is 11.6 Å². The molecular weight excluding hydrogens is 463 g/mol. The van der Waals surface area contributed by atoms with Crippen molar-refractivity contribution in [3.05, 3.63) is 93.5 Å². The van der Waals surface area contributed by atoms with Crippen molar-refractivity contribution in [1.29, 1.82) is 0 Å². The number of piperidine rings is 1. The molecule has 6 nitrogen and oxygen atoms in total. The van der Waals surface area contributed by atoms with Gasteiger partial charge in [0.15, 0.2) is 0 Å². The molecule has 1 aliphatic heterocycles. The summed E-state index contributed by atoms with van der Waals surface area (Å²) in [6, 6.07) is 16.2. The van der Waals surface area contributed by atoms with E-state index < -0.39 is 12.1 Å². The summed E-state index contributed by atoms with van der Waals surface area (Å²) >= 11 is 7.44. The monoisotopic (exact) mass is 482 g/mol. The Hall–Kier alpha value is -3.07. The van der Waals surface area contributed by atoms with Crippen molar-refractivity contribution >= 4 is 28.8 Å². The number of benzene rings is 2. The van der Waals surface area contributed by atoms with Crippen LogP contribution in [0.2, 0.25) is 5.02 Å². The van der Waals surface area contributed by atoms with Crippen LogP contribution in [-0.2, 0) is 0 Å². The van der Waals surface area contributed by atoms with Crippen LogP contribution in [0.1, 0.15) is 33.7 Å². The summed E-state index contributed by atoms with van der Waals surface area (Å²) in [5.41, 5.74) is 2.20. The molecule has 5 rings (SSSR count). The molecule has 1 saturated heterocycles. The summed E-state index contributed by atoms with van der Waals surface area (Å²) in [7, 11) is 0. The van der Waals surface area contributed by atoms with Gasteiger partial charge in [-0.2, -0.15) is 0 Å². The summed E-state index contributed by atoms with van der Waals surface area (Å²) in [4.78, 5) is 15.8. The first kappa shape index (κ1) is 21.8. The predicted octanol–water partition coefficient (Wildman–Crippen LogP) is 4.99. The van der Waals surface area contributed by atoms with Gasteiger partial charge in [0.25, 0.3) is 5.91 Å². The number of hydrogen-bond donors (Lipinski definition) is 1. The first-order valence-electron chi connectivity index (χ1n) is 10.5. The van der Waals surface area contributed by atoms with E-state index in [1.165, 1.54) is 23.5 Å². The maximum absolute atomic E-state index is 13.4. The summed E-state index contributed by atoms with van der Waals surface area (Å²) in [6.45, 7) is 0.261. The van der Waals surface area contributed by atoms with Crippen molar-refractivity contribution in [3.8, 4) is 11.3 Å². The van der Waals surface area contributed by atoms with Crippen LogP contribution in [0.3, 0.4) is 0 Å². The summed E-state index contributed by atoms with van der Waals surface area (Å²) in [5, 5.41) is 21.9. The standard InChI is InChI=1S/C24H20ClFN4O2S/c25-17-7-3-16(4-8-17)20-12-22(31)21(14-29(20)24(32)23-2-1-11-33-23)30-13-19(27-28-30)15-5-9-18(26)10-6-15/h1-11,13,20-22,31H,12,14H2/t20-,21-,22-/m1/s1. The Morgan fingerprint density at radius 2 is 1.88 bits per heavy atom. The fourth-order valence-electron chi connectivity index (χ4n) is 4.18. The molecule has 1 N–H and O–H groups in total. The zero-order valence-electron chi connectivity index (χ0n) is 17.4. The Morgan fingerprint density at radius 3 is 2.58 bits per heavy atom. The van der Waals surface area contributed by atoms with E-state index in [9.17, 15) is 14.3 Å². The molecular formula is C24H20ClFN4O2S. The number of carbonyl (C=O) groups is 1. The van der Waals surface area contributed by atoms with Gasteiger partial charge in [0, 0.05) is 23.6 Å². The number of hydrogen-bond acceptors (Lipinski definition) is 5. The predicted molar refractivity (Wildman–Crippen MR) is 125 cm³/mol. The van der Waals surface area contributed by atoms with Crippen molar-refractivity contribution in [1.82, 2.24) is 19.9 Å². The first-order valence-corrected chi connectivity index (χ1v) is 11.7. The Bertz CT molecular complexity index is 1240. The summed E-state index contributed by atoms with van der Waals surface area (Å²) in [5.74, 6) is -0.425. The molecule has 1 fully saturated rings. The number of carbonyl (C=O) groups excluding carboxylic acids is 1. The summed E-state index contributed by atoms with van der Waals surface area (Å²) in [6.07, 6.45) is 1.31. The van der Waals surface area contributed by atoms with Crippen LogP contribution in [0.15, 0.2) is 72.2 Å². The molecule has 0 radical (unpaired) electrons. The van der Waals surface area contributed by atoms with Gasteiger partial charge in [0.2, 0.25) is 0 Å². The lowest BCUT2D eigenvalue weighted by molar-refractivity contribution is -0.00164. The average Bonchev–Trinajstić information content (AvgIpc) is 3.52. The van der Waals surface area contributed by atoms with E-state index >= 15 is 0 Å². The maximum Gasteiger partial charge on any atom is 0.264 e. The number of amides is 1. The first-order chi connectivity index (χ1) is 16.0. The highest BCUT2D eigenvalue weighted by molar-refractivity contribution is 7.12. The second kappa shape index (κ2) is 9.05. The number of aromatic nitrogens is 3. The Balaban J connectivity index is 1.46. The van der Waals surface area contributed by atoms with Crippen LogP contribution < -0.4 is 0 Å². The minimum Gasteiger partial charge on any atom is -0.391 e. The highest BCUT2D eigenvalue weighted by Gasteiger charge is 2.40. The molecule has 2 aromatic carbocycles. The third-order valence-corrected chi connectivity index (χ3v) is 7.02. The van der Waals surface area contributed by atoms with Gasteiger partial charge in [0.05, 0.1) is 29.3 Å². The molecule has 3 atom stereocenters. The molecule has 1 aliphatic rings. The molecule has 2 aromatic heterocycles. The fraction of sp³-hybridized carbons (Fsp3) is 0.208. The topological polar surface area (TPSA) is 71.2 Å². The molecule has 0 bridgehead atoms. The van der Waals surface area contributed by atoms with Crippen LogP contribution in [-0.4, -0.2) is 43.6 Å². The van der Waals surface area contributed by atoms with Gasteiger partial charge in [-0.25, -0.2) is 9.07 Å². The van der Waals surface area contributed by atoms with Crippen LogP contribution >= 0.6 is 22.9 Å². The molecule has 9 heteroatoms. The van der Waals surface area contributed by atoms with Crippen molar-refractivity contribution < 1.29 is 14.3 Å². The van der Waals surface area contributed by atoms with Crippen LogP contribution in [0.4, 0.5) is 4.39 Å². The number of likely N-dealkylation sites (tertiary alicyclic amines) is 1. The Labute approximate surface area is 198 Å². The normalized spacial score (nSPS) is 20.7. The molecule has 0 spiro atoms. The van der Waals surface area contributed by atoms with Crippen molar-refractivity contribution in [2.24, 2.45) is 0 Å². The third-order valence-electron chi connectivity index (χ3n) is 5.91. The number of rotatable bonds is 4. The van der Waals surface area contributed by atoms with Crippen molar-refractivity contribution in [2.75, 3.05) is 6.54 Å². The number of aliphatic hydroxyl groups is 1. The highest BCUT2D eigenvalue weighted by atomic mass is 35.5. The van der Waals surface area contributed by atoms with E-state index in [-0.39, 0.29) is 24.3 Å². The van der Waals surface area contributed by atoms with E-state index in [0.29, 0.717) is 22.0 Å². The van der Waals surface area contributed by atoms with Crippen molar-refractivity contribution in [3.63, 3.8) is 0 Å². The Kier molecular flexibility index (Phi) is 5.97. The quantitative estimate of drug-likeness (QED) is 0.445. The molecule has 33 heavy (non-hydrogen) atoms. The highest BCUT2D eigenvalue weighted by Crippen LogP contribution is 2.37. The SMILES string of the molecule is O=C(c1cccs1)N1C[C@@H](n2cc(-c3ccc(F)cc3)nn2)[C@H](O)C[C@@H]1c1ccc(Cl)cc1. The lowest BCUT2D eigenvalue weighted by atomic mass is 9.90. The fourth-order valence-corrected chi connectivity index (χ4v) is 4.99. The zero-order valence-corrected chi connectivity index (χ0v) is 19.0. The number of nitrogens with zero attached hydrogens (tertiary/aromatic N) is 4. The minimum atomic E-state index is -0.749. The van der Waals surface area contributed by atoms with Gasteiger partial charge in [0.1, 0.15) is 11.5 Å². The molecule has 0 aliphatic carbocycles. The lowest BCUT2D eigenvalue weighted by Gasteiger charge is -2.42. The van der Waals surface area contributed by atoms with Gasteiger partial charge >= 0.3 is 0 Å². The summed E-state index contributed by atoms with van der Waals surface area (Å²) < 4.78 is 14.9. The smallest absolute Gasteiger partial charge is 0.264 e. The van der Waals surface area contributed by atoms with Gasteiger partial charge in [-0.05, 0) is 53.4 Å². The number of thiophene rings is 1. The molecule has 1 amide bonds. The van der Waals surface area contributed by atoms with E-state index in [1.54, 1.807) is 46.1 Å². The van der Waals surface area contributed by atoms with E-state index in [0.717, 1.165) is 11.1 Å². The second-order valence-corrected chi connectivity index (χ2v) is 9.35. The van der Waals surface area contributed by atoms with Crippen LogP contribution in [0.5, 0.6) is 0 Å². The maximum atomic E-state index is 13.4. The average molecular weight is 483 g/mol. The Morgan fingerprint density at radius 1 is 1.12 bits per heavy atom.